The van der Waals surface area contributed by atoms with E-state index in [9.17, 15) is 0 Å². The largest absolute Gasteiger partial charge is 0.367 e. The van der Waals surface area contributed by atoms with Gasteiger partial charge in [0.15, 0.2) is 0 Å². The molecule has 0 saturated heterocycles. The van der Waals surface area contributed by atoms with Gasteiger partial charge in [-0.1, -0.05) is 33.1 Å². The van der Waals surface area contributed by atoms with E-state index in [1.54, 1.807) is 0 Å². The lowest BCUT2D eigenvalue weighted by Gasteiger charge is -2.14. The van der Waals surface area contributed by atoms with Gasteiger partial charge in [-0.05, 0) is 12.3 Å². The molecule has 1 atom stereocenters. The van der Waals surface area contributed by atoms with Crippen LogP contribution in [0, 0.1) is 5.92 Å². The van der Waals surface area contributed by atoms with Gasteiger partial charge in [-0.25, -0.2) is 0 Å². The number of unbranched alkanes of at least 4 members (excludes halogenated alkanes) is 1. The summed E-state index contributed by atoms with van der Waals surface area (Å²) in [6.07, 6.45) is 5.07. The van der Waals surface area contributed by atoms with Gasteiger partial charge in [-0.15, -0.1) is 0 Å². The highest BCUT2D eigenvalue weighted by molar-refractivity contribution is 7.09. The van der Waals surface area contributed by atoms with Crippen molar-refractivity contribution in [3.63, 3.8) is 0 Å². The quantitative estimate of drug-likeness (QED) is 0.753. The van der Waals surface area contributed by atoms with Crippen LogP contribution in [0.25, 0.3) is 0 Å². The zero-order valence-corrected chi connectivity index (χ0v) is 10.3. The summed E-state index contributed by atoms with van der Waals surface area (Å²) in [5.41, 5.74) is 5.45. The van der Waals surface area contributed by atoms with Crippen molar-refractivity contribution in [1.29, 1.82) is 0 Å². The molecule has 0 radical (unpaired) electrons. The Balaban J connectivity index is 2.27. The summed E-state index contributed by atoms with van der Waals surface area (Å²) >= 11 is 1.33. The Bertz CT molecular complexity index is 274. The first-order chi connectivity index (χ1) is 7.26. The van der Waals surface area contributed by atoms with E-state index in [2.05, 4.69) is 28.5 Å². The van der Waals surface area contributed by atoms with E-state index < -0.39 is 0 Å². The molecule has 0 aromatic carbocycles. The van der Waals surface area contributed by atoms with Crippen LogP contribution < -0.4 is 11.1 Å². The van der Waals surface area contributed by atoms with Crippen LogP contribution in [0.1, 0.15) is 39.5 Å². The first-order valence-electron chi connectivity index (χ1n) is 5.59. The van der Waals surface area contributed by atoms with E-state index in [1.165, 1.54) is 37.2 Å². The molecular formula is C10H20N4S. The normalized spacial score (nSPS) is 12.7. The van der Waals surface area contributed by atoms with Crippen molar-refractivity contribution in [3.05, 3.63) is 0 Å². The number of rotatable bonds is 7. The number of nitrogens with one attached hydrogen (secondary N) is 1. The number of hydrogen-bond acceptors (Lipinski definition) is 5. The molecule has 0 spiro atoms. The molecule has 1 aromatic heterocycles. The third kappa shape index (κ3) is 4.46. The number of nitrogen functional groups attached to an aromatic ring is 1. The smallest absolute Gasteiger partial charge is 0.233 e. The van der Waals surface area contributed by atoms with Crippen LogP contribution in [-0.2, 0) is 0 Å². The van der Waals surface area contributed by atoms with Crippen molar-refractivity contribution in [2.75, 3.05) is 17.6 Å². The average Bonchev–Trinajstić information content (AvgIpc) is 2.65. The predicted molar refractivity (Wildman–Crippen MR) is 66.1 cm³/mol. The lowest BCUT2D eigenvalue weighted by Crippen LogP contribution is -2.13. The summed E-state index contributed by atoms with van der Waals surface area (Å²) in [5.74, 6) is 1.10. The molecule has 5 heteroatoms. The van der Waals surface area contributed by atoms with Crippen LogP contribution in [-0.4, -0.2) is 15.9 Å². The molecule has 1 aromatic rings. The van der Waals surface area contributed by atoms with Crippen molar-refractivity contribution in [1.82, 2.24) is 9.36 Å². The van der Waals surface area contributed by atoms with E-state index in [4.69, 9.17) is 5.73 Å². The molecule has 0 amide bonds. The minimum absolute atomic E-state index is 0.365. The number of nitrogens with two attached hydrogens (primary N) is 1. The Labute approximate surface area is 95.5 Å². The van der Waals surface area contributed by atoms with Gasteiger partial charge < -0.3 is 11.1 Å². The van der Waals surface area contributed by atoms with Gasteiger partial charge in [0, 0.05) is 18.1 Å². The van der Waals surface area contributed by atoms with Gasteiger partial charge in [-0.3, -0.25) is 0 Å². The van der Waals surface area contributed by atoms with Crippen LogP contribution in [0.3, 0.4) is 0 Å². The average molecular weight is 228 g/mol. The molecule has 1 unspecified atom stereocenters. The van der Waals surface area contributed by atoms with Gasteiger partial charge in [0.2, 0.25) is 11.1 Å². The Morgan fingerprint density at radius 3 is 2.80 bits per heavy atom. The lowest BCUT2D eigenvalue weighted by atomic mass is 10.00. The van der Waals surface area contributed by atoms with Gasteiger partial charge in [0.25, 0.3) is 0 Å². The first-order valence-corrected chi connectivity index (χ1v) is 6.36. The topological polar surface area (TPSA) is 63.8 Å². The maximum Gasteiger partial charge on any atom is 0.233 e. The monoisotopic (exact) mass is 228 g/mol. The Hall–Kier alpha value is -0.840. The summed E-state index contributed by atoms with van der Waals surface area (Å²) < 4.78 is 3.93. The zero-order valence-electron chi connectivity index (χ0n) is 9.49. The van der Waals surface area contributed by atoms with Gasteiger partial charge in [0.1, 0.15) is 0 Å². The van der Waals surface area contributed by atoms with Crippen LogP contribution in [0.2, 0.25) is 0 Å². The number of nitrogens with zero attached hydrogens (tertiary/aromatic N) is 2. The molecule has 1 rings (SSSR count). The highest BCUT2D eigenvalue weighted by Gasteiger charge is 2.07. The van der Waals surface area contributed by atoms with E-state index >= 15 is 0 Å². The van der Waals surface area contributed by atoms with Crippen molar-refractivity contribution in [2.45, 2.75) is 39.5 Å². The summed E-state index contributed by atoms with van der Waals surface area (Å²) in [6, 6.07) is 0. The molecule has 1 heterocycles. The molecule has 4 nitrogen and oxygen atoms in total. The molecule has 0 saturated carbocycles. The van der Waals surface area contributed by atoms with Crippen LogP contribution in [0.15, 0.2) is 0 Å². The van der Waals surface area contributed by atoms with E-state index in [0.29, 0.717) is 5.95 Å². The van der Waals surface area contributed by atoms with Gasteiger partial charge >= 0.3 is 0 Å². The molecule has 0 bridgehead atoms. The minimum atomic E-state index is 0.365. The van der Waals surface area contributed by atoms with E-state index in [0.717, 1.165) is 17.6 Å². The first kappa shape index (κ1) is 12.2. The van der Waals surface area contributed by atoms with E-state index in [-0.39, 0.29) is 0 Å². The Morgan fingerprint density at radius 2 is 2.27 bits per heavy atom. The third-order valence-electron chi connectivity index (χ3n) is 2.53. The molecule has 0 aliphatic heterocycles. The van der Waals surface area contributed by atoms with Crippen LogP contribution in [0.4, 0.5) is 11.1 Å². The molecule has 86 valence electrons. The second kappa shape index (κ2) is 6.61. The summed E-state index contributed by atoms with van der Waals surface area (Å²) in [5, 5.41) is 4.13. The maximum atomic E-state index is 5.45. The van der Waals surface area contributed by atoms with Gasteiger partial charge in [-0.2, -0.15) is 9.36 Å². The second-order valence-electron chi connectivity index (χ2n) is 3.76. The molecule has 0 aliphatic carbocycles. The van der Waals surface area contributed by atoms with Crippen molar-refractivity contribution in [3.8, 4) is 0 Å². The summed E-state index contributed by atoms with van der Waals surface area (Å²) in [7, 11) is 0. The lowest BCUT2D eigenvalue weighted by molar-refractivity contribution is 0.473. The second-order valence-corrected chi connectivity index (χ2v) is 4.51. The van der Waals surface area contributed by atoms with Gasteiger partial charge in [0.05, 0.1) is 0 Å². The van der Waals surface area contributed by atoms with Crippen molar-refractivity contribution < 1.29 is 0 Å². The standard InChI is InChI=1S/C10H20N4S/c1-3-5-6-8(4-2)7-12-10-13-9(11)14-15-10/h8H,3-7H2,1-2H3,(H3,11,12,13,14). The highest BCUT2D eigenvalue weighted by atomic mass is 32.1. The third-order valence-corrected chi connectivity index (χ3v) is 3.21. The Morgan fingerprint density at radius 1 is 1.47 bits per heavy atom. The SMILES string of the molecule is CCCCC(CC)CNc1nc(N)ns1. The highest BCUT2D eigenvalue weighted by Crippen LogP contribution is 2.16. The van der Waals surface area contributed by atoms with Crippen molar-refractivity contribution in [2.24, 2.45) is 5.92 Å². The van der Waals surface area contributed by atoms with Crippen molar-refractivity contribution >= 4 is 22.6 Å². The molecular weight excluding hydrogens is 208 g/mol. The molecule has 0 aliphatic rings. The Kier molecular flexibility index (Phi) is 5.39. The fraction of sp³-hybridized carbons (Fsp3) is 0.800. The zero-order chi connectivity index (χ0) is 11.1. The molecule has 15 heavy (non-hydrogen) atoms. The van der Waals surface area contributed by atoms with E-state index in [1.807, 2.05) is 0 Å². The number of anilines is 2. The predicted octanol–water partition coefficient (Wildman–Crippen LogP) is 2.75. The number of hydrogen-bond donors (Lipinski definition) is 2. The molecule has 3 N–H and O–H groups in total. The maximum absolute atomic E-state index is 5.45. The number of aromatic nitrogens is 2. The van der Waals surface area contributed by atoms with Crippen LogP contribution >= 0.6 is 11.5 Å². The fourth-order valence-corrected chi connectivity index (χ4v) is 1.98. The fourth-order valence-electron chi connectivity index (χ4n) is 1.48. The summed E-state index contributed by atoms with van der Waals surface area (Å²) in [4.78, 5) is 4.07. The minimum Gasteiger partial charge on any atom is -0.367 e. The van der Waals surface area contributed by atoms with Crippen LogP contribution in [0.5, 0.6) is 0 Å². The molecule has 0 fully saturated rings. The summed E-state index contributed by atoms with van der Waals surface area (Å²) in [6.45, 7) is 5.44.